The number of nitrogens with zero attached hydrogens (tertiary/aromatic N) is 2. The minimum Gasteiger partial charge on any atom is -0.364 e. The molecule has 23 heavy (non-hydrogen) atoms. The number of hydrogen-bond acceptors (Lipinski definition) is 2. The van der Waals surface area contributed by atoms with Crippen LogP contribution in [0.5, 0.6) is 0 Å². The summed E-state index contributed by atoms with van der Waals surface area (Å²) in [7, 11) is 0. The fourth-order valence-corrected chi connectivity index (χ4v) is 3.25. The highest BCUT2D eigenvalue weighted by atomic mass is 19.1. The molecule has 2 rings (SSSR count). The lowest BCUT2D eigenvalue weighted by atomic mass is 10.0. The average Bonchev–Trinajstić information content (AvgIpc) is 2.47. The lowest BCUT2D eigenvalue weighted by molar-refractivity contribution is 0.216. The summed E-state index contributed by atoms with van der Waals surface area (Å²) < 4.78 is 28.7. The zero-order valence-corrected chi connectivity index (χ0v) is 15.1. The van der Waals surface area contributed by atoms with Crippen LogP contribution in [0, 0.1) is 17.6 Å². The van der Waals surface area contributed by atoms with Gasteiger partial charge in [-0.25, -0.2) is 8.78 Å². The van der Waals surface area contributed by atoms with Crippen molar-refractivity contribution in [2.24, 2.45) is 5.92 Å². The molecule has 0 bridgehead atoms. The maximum Gasteiger partial charge on any atom is 0.146 e. The Labute approximate surface area is 139 Å². The Kier molecular flexibility index (Phi) is 6.01. The van der Waals surface area contributed by atoms with Gasteiger partial charge in [0, 0.05) is 31.7 Å². The minimum absolute atomic E-state index is 0.0103. The molecule has 0 aliphatic carbocycles. The Morgan fingerprint density at radius 2 is 1.78 bits per heavy atom. The summed E-state index contributed by atoms with van der Waals surface area (Å²) in [5.41, 5.74) is 0.859. The van der Waals surface area contributed by atoms with Crippen LogP contribution in [0.3, 0.4) is 0 Å². The predicted octanol–water partition coefficient (Wildman–Crippen LogP) is 4.64. The molecule has 1 aromatic rings. The van der Waals surface area contributed by atoms with Crippen LogP contribution in [-0.4, -0.2) is 37.1 Å². The molecule has 1 atom stereocenters. The zero-order chi connectivity index (χ0) is 17.1. The Hall–Kier alpha value is -1.16. The zero-order valence-electron chi connectivity index (χ0n) is 15.1. The van der Waals surface area contributed by atoms with E-state index in [9.17, 15) is 8.78 Å². The lowest BCUT2D eigenvalue weighted by Crippen LogP contribution is -2.52. The second-order valence-electron chi connectivity index (χ2n) is 7.51. The smallest absolute Gasteiger partial charge is 0.146 e. The molecule has 0 N–H and O–H groups in total. The standard InChI is InChI=1S/C19H30F2N2/c1-13(2)6-7-22-8-9-23(15(5)12-22)19-11-17(20)16(14(3)4)10-18(19)21/h10-11,13-15H,6-9,12H2,1-5H3/t15-/m0/s1. The first-order valence-electron chi connectivity index (χ1n) is 8.77. The van der Waals surface area contributed by atoms with Crippen molar-refractivity contribution >= 4 is 5.69 Å². The van der Waals surface area contributed by atoms with E-state index >= 15 is 0 Å². The summed E-state index contributed by atoms with van der Waals surface area (Å²) in [6, 6.07) is 2.94. The van der Waals surface area contributed by atoms with Gasteiger partial charge in [0.15, 0.2) is 0 Å². The third-order valence-electron chi connectivity index (χ3n) is 4.73. The highest BCUT2D eigenvalue weighted by molar-refractivity contribution is 5.51. The largest absolute Gasteiger partial charge is 0.364 e. The van der Waals surface area contributed by atoms with E-state index in [2.05, 4.69) is 25.7 Å². The molecule has 130 valence electrons. The van der Waals surface area contributed by atoms with E-state index < -0.39 is 0 Å². The molecule has 0 aromatic heterocycles. The molecule has 1 aliphatic heterocycles. The number of piperazine rings is 1. The minimum atomic E-state index is -0.308. The number of rotatable bonds is 5. The van der Waals surface area contributed by atoms with Crippen molar-refractivity contribution in [3.05, 3.63) is 29.3 Å². The summed E-state index contributed by atoms with van der Waals surface area (Å²) >= 11 is 0. The molecule has 0 radical (unpaired) electrons. The van der Waals surface area contributed by atoms with Crippen LogP contribution < -0.4 is 4.90 Å². The Morgan fingerprint density at radius 1 is 1.09 bits per heavy atom. The van der Waals surface area contributed by atoms with Crippen molar-refractivity contribution in [2.45, 2.75) is 53.0 Å². The molecule has 1 aromatic carbocycles. The number of halogens is 2. The molecule has 1 aliphatic rings. The van der Waals surface area contributed by atoms with Gasteiger partial charge in [0.2, 0.25) is 0 Å². The number of benzene rings is 1. The van der Waals surface area contributed by atoms with Crippen LogP contribution in [0.2, 0.25) is 0 Å². The maximum absolute atomic E-state index is 14.5. The quantitative estimate of drug-likeness (QED) is 0.778. The van der Waals surface area contributed by atoms with Crippen molar-refractivity contribution in [1.82, 2.24) is 4.90 Å². The summed E-state index contributed by atoms with van der Waals surface area (Å²) in [5, 5.41) is 0. The molecule has 2 nitrogen and oxygen atoms in total. The third kappa shape index (κ3) is 4.43. The molecule has 1 saturated heterocycles. The molecular formula is C19H30F2N2. The monoisotopic (exact) mass is 324 g/mol. The Morgan fingerprint density at radius 3 is 2.35 bits per heavy atom. The van der Waals surface area contributed by atoms with E-state index in [4.69, 9.17) is 0 Å². The van der Waals surface area contributed by atoms with Crippen LogP contribution in [0.25, 0.3) is 0 Å². The van der Waals surface area contributed by atoms with Crippen molar-refractivity contribution in [3.8, 4) is 0 Å². The lowest BCUT2D eigenvalue weighted by Gasteiger charge is -2.41. The average molecular weight is 324 g/mol. The highest BCUT2D eigenvalue weighted by Crippen LogP contribution is 2.29. The SMILES string of the molecule is CC(C)CCN1CCN(c2cc(F)c(C(C)C)cc2F)[C@@H](C)C1. The van der Waals surface area contributed by atoms with Gasteiger partial charge in [-0.3, -0.25) is 4.90 Å². The number of hydrogen-bond donors (Lipinski definition) is 0. The van der Waals surface area contributed by atoms with E-state index in [-0.39, 0.29) is 23.6 Å². The summed E-state index contributed by atoms with van der Waals surface area (Å²) in [4.78, 5) is 4.44. The van der Waals surface area contributed by atoms with Crippen LogP contribution in [0.1, 0.15) is 52.5 Å². The van der Waals surface area contributed by atoms with Crippen molar-refractivity contribution in [3.63, 3.8) is 0 Å². The first-order valence-corrected chi connectivity index (χ1v) is 8.77. The first kappa shape index (κ1) is 18.2. The molecule has 1 heterocycles. The highest BCUT2D eigenvalue weighted by Gasteiger charge is 2.26. The van der Waals surface area contributed by atoms with Gasteiger partial charge in [0.25, 0.3) is 0 Å². The van der Waals surface area contributed by atoms with Crippen LogP contribution in [0.4, 0.5) is 14.5 Å². The molecule has 4 heteroatoms. The van der Waals surface area contributed by atoms with E-state index in [1.165, 1.54) is 18.6 Å². The van der Waals surface area contributed by atoms with Gasteiger partial charge in [0.05, 0.1) is 5.69 Å². The molecule has 0 saturated carbocycles. The van der Waals surface area contributed by atoms with Gasteiger partial charge in [-0.05, 0) is 43.4 Å². The van der Waals surface area contributed by atoms with E-state index in [0.717, 1.165) is 26.2 Å². The summed E-state index contributed by atoms with van der Waals surface area (Å²) in [5.74, 6) is 0.0747. The Balaban J connectivity index is 2.10. The van der Waals surface area contributed by atoms with Crippen LogP contribution >= 0.6 is 0 Å². The predicted molar refractivity (Wildman–Crippen MR) is 93.2 cm³/mol. The van der Waals surface area contributed by atoms with Crippen molar-refractivity contribution in [2.75, 3.05) is 31.1 Å². The van der Waals surface area contributed by atoms with Crippen molar-refractivity contribution in [1.29, 1.82) is 0 Å². The van der Waals surface area contributed by atoms with Gasteiger partial charge >= 0.3 is 0 Å². The van der Waals surface area contributed by atoms with Gasteiger partial charge in [-0.1, -0.05) is 27.7 Å². The molecule has 0 spiro atoms. The second-order valence-corrected chi connectivity index (χ2v) is 7.51. The molecular weight excluding hydrogens is 294 g/mol. The molecule has 0 amide bonds. The first-order chi connectivity index (χ1) is 10.8. The van der Waals surface area contributed by atoms with Crippen LogP contribution in [-0.2, 0) is 0 Å². The molecule has 0 unspecified atom stereocenters. The van der Waals surface area contributed by atoms with Gasteiger partial charge in [-0.15, -0.1) is 0 Å². The second kappa shape index (κ2) is 7.61. The van der Waals surface area contributed by atoms with E-state index in [1.54, 1.807) is 0 Å². The van der Waals surface area contributed by atoms with Crippen molar-refractivity contribution < 1.29 is 8.78 Å². The third-order valence-corrected chi connectivity index (χ3v) is 4.73. The maximum atomic E-state index is 14.5. The number of anilines is 1. The summed E-state index contributed by atoms with van der Waals surface area (Å²) in [6.07, 6.45) is 1.18. The topological polar surface area (TPSA) is 6.48 Å². The van der Waals surface area contributed by atoms with E-state index in [1.807, 2.05) is 18.7 Å². The van der Waals surface area contributed by atoms with E-state index in [0.29, 0.717) is 17.2 Å². The fraction of sp³-hybridized carbons (Fsp3) is 0.684. The Bertz CT molecular complexity index is 528. The van der Waals surface area contributed by atoms with Gasteiger partial charge < -0.3 is 4.90 Å². The normalized spacial score (nSPS) is 19.9. The van der Waals surface area contributed by atoms with Gasteiger partial charge in [-0.2, -0.15) is 0 Å². The fourth-order valence-electron chi connectivity index (χ4n) is 3.25. The summed E-state index contributed by atoms with van der Waals surface area (Å²) in [6.45, 7) is 14.0. The molecule has 1 fully saturated rings. The van der Waals surface area contributed by atoms with Gasteiger partial charge in [0.1, 0.15) is 11.6 Å². The van der Waals surface area contributed by atoms with Crippen LogP contribution in [0.15, 0.2) is 12.1 Å².